The van der Waals surface area contributed by atoms with Crippen molar-refractivity contribution in [3.05, 3.63) is 34.9 Å². The molecule has 130 valence electrons. The second kappa shape index (κ2) is 9.56. The van der Waals surface area contributed by atoms with Crippen molar-refractivity contribution in [1.29, 1.82) is 5.26 Å². The van der Waals surface area contributed by atoms with E-state index >= 15 is 0 Å². The minimum Gasteiger partial charge on any atom is -0.445 e. The van der Waals surface area contributed by atoms with Crippen LogP contribution in [-0.2, 0) is 16.1 Å². The summed E-state index contributed by atoms with van der Waals surface area (Å²) in [4.78, 5) is 24.0. The molecule has 0 saturated carbocycles. The van der Waals surface area contributed by atoms with Gasteiger partial charge in [0.25, 0.3) is 0 Å². The fourth-order valence-electron chi connectivity index (χ4n) is 2.18. The molecule has 0 unspecified atom stereocenters. The molecule has 0 aliphatic carbocycles. The standard InChI is InChI=1S/C18H25N3O3/c1-12(2)9-16(17(22)20-8-7-19)21-18(23)24-11-15-6-5-13(3)14(4)10-15/h5-6,10,12,16H,8-9,11H2,1-4H3,(H,20,22)(H,21,23)/t16-/m0/s1. The largest absolute Gasteiger partial charge is 0.445 e. The average molecular weight is 331 g/mol. The maximum atomic E-state index is 12.0. The van der Waals surface area contributed by atoms with Crippen LogP contribution in [0.1, 0.15) is 37.0 Å². The number of aryl methyl sites for hydroxylation is 2. The number of alkyl carbamates (subject to hydrolysis) is 1. The lowest BCUT2D eigenvalue weighted by atomic mass is 10.0. The number of rotatable bonds is 7. The monoisotopic (exact) mass is 331 g/mol. The van der Waals surface area contributed by atoms with E-state index in [1.165, 1.54) is 5.56 Å². The number of hydrogen-bond donors (Lipinski definition) is 2. The lowest BCUT2D eigenvalue weighted by Crippen LogP contribution is -2.47. The van der Waals surface area contributed by atoms with Gasteiger partial charge in [-0.1, -0.05) is 32.0 Å². The fraction of sp³-hybridized carbons (Fsp3) is 0.500. The first-order chi connectivity index (χ1) is 11.3. The molecule has 1 aromatic carbocycles. The van der Waals surface area contributed by atoms with Gasteiger partial charge in [0.05, 0.1) is 6.07 Å². The van der Waals surface area contributed by atoms with Gasteiger partial charge in [0.15, 0.2) is 0 Å². The minimum atomic E-state index is -0.717. The third kappa shape index (κ3) is 6.69. The number of ether oxygens (including phenoxy) is 1. The van der Waals surface area contributed by atoms with E-state index in [0.29, 0.717) is 6.42 Å². The minimum absolute atomic E-state index is 0.0905. The van der Waals surface area contributed by atoms with Gasteiger partial charge in [-0.15, -0.1) is 0 Å². The van der Waals surface area contributed by atoms with Crippen LogP contribution in [0.25, 0.3) is 0 Å². The Kier molecular flexibility index (Phi) is 7.76. The second-order valence-electron chi connectivity index (χ2n) is 6.20. The van der Waals surface area contributed by atoms with Crippen LogP contribution in [0.3, 0.4) is 0 Å². The van der Waals surface area contributed by atoms with Crippen LogP contribution >= 0.6 is 0 Å². The normalized spacial score (nSPS) is 11.5. The van der Waals surface area contributed by atoms with Crippen LogP contribution in [0.15, 0.2) is 18.2 Å². The third-order valence-electron chi connectivity index (χ3n) is 3.60. The quantitative estimate of drug-likeness (QED) is 0.751. The van der Waals surface area contributed by atoms with Gasteiger partial charge in [-0.2, -0.15) is 5.26 Å². The lowest BCUT2D eigenvalue weighted by Gasteiger charge is -2.19. The van der Waals surface area contributed by atoms with Crippen LogP contribution < -0.4 is 10.6 Å². The van der Waals surface area contributed by atoms with Gasteiger partial charge in [-0.05, 0) is 42.9 Å². The third-order valence-corrected chi connectivity index (χ3v) is 3.60. The number of hydrogen-bond acceptors (Lipinski definition) is 4. The summed E-state index contributed by atoms with van der Waals surface area (Å²) in [6.45, 7) is 7.97. The van der Waals surface area contributed by atoms with Crippen molar-refractivity contribution in [3.63, 3.8) is 0 Å². The van der Waals surface area contributed by atoms with E-state index in [4.69, 9.17) is 10.00 Å². The summed E-state index contributed by atoms with van der Waals surface area (Å²) in [5.74, 6) is -0.170. The molecule has 0 aliphatic heterocycles. The maximum absolute atomic E-state index is 12.0. The summed E-state index contributed by atoms with van der Waals surface area (Å²) in [6, 6.07) is 6.97. The number of nitrogens with zero attached hydrogens (tertiary/aromatic N) is 1. The number of amides is 2. The number of nitriles is 1. The number of carbonyl (C=O) groups is 2. The number of nitrogens with one attached hydrogen (secondary N) is 2. The zero-order valence-electron chi connectivity index (χ0n) is 14.7. The predicted octanol–water partition coefficient (Wildman–Crippen LogP) is 2.58. The molecule has 0 saturated heterocycles. The van der Waals surface area contributed by atoms with E-state index in [0.717, 1.165) is 11.1 Å². The molecular formula is C18H25N3O3. The zero-order valence-corrected chi connectivity index (χ0v) is 14.7. The van der Waals surface area contributed by atoms with E-state index in [9.17, 15) is 9.59 Å². The highest BCUT2D eigenvalue weighted by Crippen LogP contribution is 2.11. The topological polar surface area (TPSA) is 91.2 Å². The Morgan fingerprint density at radius 1 is 1.25 bits per heavy atom. The first-order valence-electron chi connectivity index (χ1n) is 7.97. The predicted molar refractivity (Wildman–Crippen MR) is 91.1 cm³/mol. The van der Waals surface area contributed by atoms with Gasteiger partial charge in [0.2, 0.25) is 5.91 Å². The molecule has 6 heteroatoms. The van der Waals surface area contributed by atoms with Gasteiger partial charge in [0.1, 0.15) is 19.2 Å². The Hall–Kier alpha value is -2.55. The number of benzene rings is 1. The Morgan fingerprint density at radius 2 is 1.96 bits per heavy atom. The van der Waals surface area contributed by atoms with E-state index < -0.39 is 12.1 Å². The molecule has 0 radical (unpaired) electrons. The maximum Gasteiger partial charge on any atom is 0.408 e. The molecule has 0 aliphatic rings. The molecule has 2 N–H and O–H groups in total. The van der Waals surface area contributed by atoms with Gasteiger partial charge >= 0.3 is 6.09 Å². The molecule has 6 nitrogen and oxygen atoms in total. The van der Waals surface area contributed by atoms with Crippen molar-refractivity contribution in [2.45, 2.75) is 46.8 Å². The number of carbonyl (C=O) groups excluding carboxylic acids is 2. The zero-order chi connectivity index (χ0) is 18.1. The van der Waals surface area contributed by atoms with Crippen LogP contribution in [0.5, 0.6) is 0 Å². The summed E-state index contributed by atoms with van der Waals surface area (Å²) >= 11 is 0. The fourth-order valence-corrected chi connectivity index (χ4v) is 2.18. The molecule has 0 aromatic heterocycles. The molecule has 2 amide bonds. The summed E-state index contributed by atoms with van der Waals surface area (Å²) in [7, 11) is 0. The van der Waals surface area contributed by atoms with Crippen molar-refractivity contribution in [2.75, 3.05) is 6.54 Å². The molecule has 0 fully saturated rings. The van der Waals surface area contributed by atoms with Crippen LogP contribution in [0, 0.1) is 31.1 Å². The summed E-state index contributed by atoms with van der Waals surface area (Å²) in [6.07, 6.45) is -0.179. The van der Waals surface area contributed by atoms with Crippen LogP contribution in [0.4, 0.5) is 4.79 Å². The van der Waals surface area contributed by atoms with Gasteiger partial charge < -0.3 is 15.4 Å². The van der Waals surface area contributed by atoms with Crippen molar-refractivity contribution >= 4 is 12.0 Å². The second-order valence-corrected chi connectivity index (χ2v) is 6.20. The molecule has 1 aromatic rings. The SMILES string of the molecule is Cc1ccc(COC(=O)N[C@@H](CC(C)C)C(=O)NCC#N)cc1C. The van der Waals surface area contributed by atoms with Crippen molar-refractivity contribution in [3.8, 4) is 6.07 Å². The van der Waals surface area contributed by atoms with Gasteiger partial charge in [-0.25, -0.2) is 4.79 Å². The van der Waals surface area contributed by atoms with Crippen LogP contribution in [-0.4, -0.2) is 24.6 Å². The van der Waals surface area contributed by atoms with Crippen molar-refractivity contribution in [2.24, 2.45) is 5.92 Å². The van der Waals surface area contributed by atoms with Crippen molar-refractivity contribution < 1.29 is 14.3 Å². The summed E-state index contributed by atoms with van der Waals surface area (Å²) in [5, 5.41) is 13.6. The molecule has 24 heavy (non-hydrogen) atoms. The Labute approximate surface area is 143 Å². The molecular weight excluding hydrogens is 306 g/mol. The van der Waals surface area contributed by atoms with E-state index in [-0.39, 0.29) is 25.0 Å². The average Bonchev–Trinajstić information content (AvgIpc) is 2.52. The first-order valence-corrected chi connectivity index (χ1v) is 7.97. The first kappa shape index (κ1) is 19.5. The Morgan fingerprint density at radius 3 is 2.54 bits per heavy atom. The van der Waals surface area contributed by atoms with E-state index in [1.54, 1.807) is 0 Å². The van der Waals surface area contributed by atoms with Crippen molar-refractivity contribution in [1.82, 2.24) is 10.6 Å². The highest BCUT2D eigenvalue weighted by atomic mass is 16.5. The van der Waals surface area contributed by atoms with Gasteiger partial charge in [0, 0.05) is 0 Å². The van der Waals surface area contributed by atoms with Gasteiger partial charge in [-0.3, -0.25) is 4.79 Å². The summed E-state index contributed by atoms with van der Waals surface area (Å²) in [5.41, 5.74) is 3.20. The summed E-state index contributed by atoms with van der Waals surface area (Å²) < 4.78 is 5.19. The van der Waals surface area contributed by atoms with E-state index in [1.807, 2.05) is 52.0 Å². The highest BCUT2D eigenvalue weighted by molar-refractivity contribution is 5.85. The molecule has 1 rings (SSSR count). The van der Waals surface area contributed by atoms with E-state index in [2.05, 4.69) is 10.6 Å². The highest BCUT2D eigenvalue weighted by Gasteiger charge is 2.22. The molecule has 0 heterocycles. The molecule has 1 atom stereocenters. The molecule has 0 bridgehead atoms. The van der Waals surface area contributed by atoms with Crippen LogP contribution in [0.2, 0.25) is 0 Å². The Balaban J connectivity index is 2.58. The molecule has 0 spiro atoms. The Bertz CT molecular complexity index is 620. The lowest BCUT2D eigenvalue weighted by molar-refractivity contribution is -0.123. The smallest absolute Gasteiger partial charge is 0.408 e.